The van der Waals surface area contributed by atoms with Crippen molar-refractivity contribution in [2.75, 3.05) is 6.54 Å². The number of halogens is 1. The summed E-state index contributed by atoms with van der Waals surface area (Å²) in [5.41, 5.74) is 1.19. The van der Waals surface area contributed by atoms with Crippen molar-refractivity contribution in [1.29, 1.82) is 0 Å². The molecule has 1 atom stereocenters. The summed E-state index contributed by atoms with van der Waals surface area (Å²) in [6.45, 7) is 5.27. The third-order valence-electron chi connectivity index (χ3n) is 2.82. The standard InChI is InChI=1S/C14H22FN/c1-3-5-6-7-14(16-4-2)12-8-10-13(15)11-9-12/h8-11,14,16H,3-7H2,1-2H3. The lowest BCUT2D eigenvalue weighted by Gasteiger charge is -2.18. The molecule has 0 aliphatic carbocycles. The molecule has 16 heavy (non-hydrogen) atoms. The fraction of sp³-hybridized carbons (Fsp3) is 0.571. The summed E-state index contributed by atoms with van der Waals surface area (Å²) < 4.78 is 12.8. The van der Waals surface area contributed by atoms with E-state index in [0.29, 0.717) is 6.04 Å². The first kappa shape index (κ1) is 13.2. The maximum Gasteiger partial charge on any atom is 0.123 e. The van der Waals surface area contributed by atoms with Gasteiger partial charge in [0.2, 0.25) is 0 Å². The molecule has 1 aromatic rings. The van der Waals surface area contributed by atoms with E-state index >= 15 is 0 Å². The Morgan fingerprint density at radius 3 is 2.38 bits per heavy atom. The van der Waals surface area contributed by atoms with Gasteiger partial charge in [-0.2, -0.15) is 0 Å². The first-order chi connectivity index (χ1) is 7.77. The summed E-state index contributed by atoms with van der Waals surface area (Å²) in [5.74, 6) is -0.160. The van der Waals surface area contributed by atoms with Gasteiger partial charge in [0.05, 0.1) is 0 Å². The van der Waals surface area contributed by atoms with Crippen molar-refractivity contribution in [2.24, 2.45) is 0 Å². The maximum atomic E-state index is 12.8. The molecule has 0 radical (unpaired) electrons. The van der Waals surface area contributed by atoms with Crippen molar-refractivity contribution in [3.8, 4) is 0 Å². The molecule has 1 unspecified atom stereocenters. The van der Waals surface area contributed by atoms with E-state index in [1.54, 1.807) is 12.1 Å². The van der Waals surface area contributed by atoms with Crippen molar-refractivity contribution in [3.05, 3.63) is 35.6 Å². The number of hydrogen-bond acceptors (Lipinski definition) is 1. The van der Waals surface area contributed by atoms with Gasteiger partial charge in [0, 0.05) is 6.04 Å². The van der Waals surface area contributed by atoms with Crippen LogP contribution in [-0.4, -0.2) is 6.54 Å². The zero-order chi connectivity index (χ0) is 11.8. The van der Waals surface area contributed by atoms with Crippen molar-refractivity contribution in [2.45, 2.75) is 45.6 Å². The molecular formula is C14H22FN. The van der Waals surface area contributed by atoms with Gasteiger partial charge >= 0.3 is 0 Å². The fourth-order valence-electron chi connectivity index (χ4n) is 1.93. The van der Waals surface area contributed by atoms with E-state index in [1.807, 2.05) is 12.1 Å². The monoisotopic (exact) mass is 223 g/mol. The molecular weight excluding hydrogens is 201 g/mol. The number of nitrogens with one attached hydrogen (secondary N) is 1. The quantitative estimate of drug-likeness (QED) is 0.687. The minimum atomic E-state index is -0.160. The van der Waals surface area contributed by atoms with E-state index in [0.717, 1.165) is 13.0 Å². The molecule has 0 aliphatic rings. The molecule has 0 aliphatic heterocycles. The Morgan fingerprint density at radius 1 is 1.12 bits per heavy atom. The van der Waals surface area contributed by atoms with Gasteiger partial charge in [-0.3, -0.25) is 0 Å². The summed E-state index contributed by atoms with van der Waals surface area (Å²) in [4.78, 5) is 0. The largest absolute Gasteiger partial charge is 0.310 e. The molecule has 0 bridgehead atoms. The van der Waals surface area contributed by atoms with Crippen molar-refractivity contribution < 1.29 is 4.39 Å². The predicted molar refractivity (Wildman–Crippen MR) is 67.0 cm³/mol. The Kier molecular flexibility index (Phi) is 6.09. The second-order valence-electron chi connectivity index (χ2n) is 4.16. The van der Waals surface area contributed by atoms with Crippen LogP contribution >= 0.6 is 0 Å². The molecule has 1 N–H and O–H groups in total. The highest BCUT2D eigenvalue weighted by atomic mass is 19.1. The average molecular weight is 223 g/mol. The van der Waals surface area contributed by atoms with Gasteiger partial charge in [-0.25, -0.2) is 4.39 Å². The third kappa shape index (κ3) is 4.31. The number of hydrogen-bond donors (Lipinski definition) is 1. The molecule has 0 amide bonds. The lowest BCUT2D eigenvalue weighted by Crippen LogP contribution is -2.20. The lowest BCUT2D eigenvalue weighted by atomic mass is 10.0. The van der Waals surface area contributed by atoms with Crippen molar-refractivity contribution in [3.63, 3.8) is 0 Å². The molecule has 0 saturated carbocycles. The van der Waals surface area contributed by atoms with Crippen LogP contribution in [0.2, 0.25) is 0 Å². The summed E-state index contributed by atoms with van der Waals surface area (Å²) in [6.07, 6.45) is 4.87. The van der Waals surface area contributed by atoms with Crippen LogP contribution in [-0.2, 0) is 0 Å². The lowest BCUT2D eigenvalue weighted by molar-refractivity contribution is 0.485. The van der Waals surface area contributed by atoms with E-state index in [9.17, 15) is 4.39 Å². The van der Waals surface area contributed by atoms with Crippen molar-refractivity contribution in [1.82, 2.24) is 5.32 Å². The Balaban J connectivity index is 2.57. The van der Waals surface area contributed by atoms with Crippen LogP contribution in [0.5, 0.6) is 0 Å². The van der Waals surface area contributed by atoms with E-state index in [1.165, 1.54) is 24.8 Å². The van der Waals surface area contributed by atoms with Gasteiger partial charge in [0.15, 0.2) is 0 Å². The number of rotatable bonds is 7. The van der Waals surface area contributed by atoms with Gasteiger partial charge in [-0.15, -0.1) is 0 Å². The Hall–Kier alpha value is -0.890. The summed E-state index contributed by atoms with van der Waals surface area (Å²) >= 11 is 0. The van der Waals surface area contributed by atoms with Gasteiger partial charge in [0.25, 0.3) is 0 Å². The van der Waals surface area contributed by atoms with Crippen LogP contribution in [0.15, 0.2) is 24.3 Å². The van der Waals surface area contributed by atoms with Crippen molar-refractivity contribution >= 4 is 0 Å². The number of unbranched alkanes of at least 4 members (excludes halogenated alkanes) is 2. The van der Waals surface area contributed by atoms with Crippen LogP contribution in [0, 0.1) is 5.82 Å². The highest BCUT2D eigenvalue weighted by molar-refractivity contribution is 5.19. The average Bonchev–Trinajstić information content (AvgIpc) is 2.29. The Labute approximate surface area is 98.1 Å². The maximum absolute atomic E-state index is 12.8. The fourth-order valence-corrected chi connectivity index (χ4v) is 1.93. The van der Waals surface area contributed by atoms with Gasteiger partial charge < -0.3 is 5.32 Å². The normalized spacial score (nSPS) is 12.7. The topological polar surface area (TPSA) is 12.0 Å². The first-order valence-electron chi connectivity index (χ1n) is 6.26. The van der Waals surface area contributed by atoms with Crippen LogP contribution in [0.1, 0.15) is 51.1 Å². The molecule has 2 heteroatoms. The van der Waals surface area contributed by atoms with Crippen LogP contribution in [0.3, 0.4) is 0 Å². The molecule has 0 fully saturated rings. The summed E-state index contributed by atoms with van der Waals surface area (Å²) in [6, 6.07) is 7.22. The molecule has 0 spiro atoms. The second-order valence-corrected chi connectivity index (χ2v) is 4.16. The summed E-state index contributed by atoms with van der Waals surface area (Å²) in [5, 5.41) is 3.45. The van der Waals surface area contributed by atoms with Crippen LogP contribution < -0.4 is 5.32 Å². The highest BCUT2D eigenvalue weighted by Gasteiger charge is 2.09. The smallest absolute Gasteiger partial charge is 0.123 e. The number of benzene rings is 1. The molecule has 1 rings (SSSR count). The molecule has 1 nitrogen and oxygen atoms in total. The van der Waals surface area contributed by atoms with Gasteiger partial charge in [-0.1, -0.05) is 45.2 Å². The minimum Gasteiger partial charge on any atom is -0.310 e. The Morgan fingerprint density at radius 2 is 1.81 bits per heavy atom. The van der Waals surface area contributed by atoms with E-state index in [4.69, 9.17) is 0 Å². The zero-order valence-corrected chi connectivity index (χ0v) is 10.3. The van der Waals surface area contributed by atoms with Gasteiger partial charge in [-0.05, 0) is 30.7 Å². The summed E-state index contributed by atoms with van der Waals surface area (Å²) in [7, 11) is 0. The second kappa shape index (κ2) is 7.39. The van der Waals surface area contributed by atoms with Gasteiger partial charge in [0.1, 0.15) is 5.82 Å². The van der Waals surface area contributed by atoms with Crippen LogP contribution in [0.25, 0.3) is 0 Å². The highest BCUT2D eigenvalue weighted by Crippen LogP contribution is 2.20. The third-order valence-corrected chi connectivity index (χ3v) is 2.82. The molecule has 0 heterocycles. The molecule has 0 aromatic heterocycles. The molecule has 1 aromatic carbocycles. The van der Waals surface area contributed by atoms with E-state index < -0.39 is 0 Å². The SMILES string of the molecule is CCCCCC(NCC)c1ccc(F)cc1. The van der Waals surface area contributed by atoms with E-state index in [-0.39, 0.29) is 5.82 Å². The van der Waals surface area contributed by atoms with E-state index in [2.05, 4.69) is 19.2 Å². The predicted octanol–water partition coefficient (Wildman–Crippen LogP) is 4.06. The molecule has 0 saturated heterocycles. The minimum absolute atomic E-state index is 0.160. The molecule has 90 valence electrons. The first-order valence-corrected chi connectivity index (χ1v) is 6.26. The zero-order valence-electron chi connectivity index (χ0n) is 10.3. The van der Waals surface area contributed by atoms with Crippen LogP contribution in [0.4, 0.5) is 4.39 Å². The Bertz CT molecular complexity index is 281.